The van der Waals surface area contributed by atoms with E-state index in [-0.39, 0.29) is 0 Å². The van der Waals surface area contributed by atoms with Gasteiger partial charge < -0.3 is 4.74 Å². The van der Waals surface area contributed by atoms with Crippen LogP contribution in [-0.4, -0.2) is 16.5 Å². The van der Waals surface area contributed by atoms with E-state index in [1.165, 1.54) is 0 Å². The fourth-order valence-electron chi connectivity index (χ4n) is 1.58. The number of halogens is 1. The quantitative estimate of drug-likeness (QED) is 0.836. The highest BCUT2D eigenvalue weighted by Crippen LogP contribution is 2.25. The number of hydrogen-bond donors (Lipinski definition) is 0. The maximum absolute atomic E-state index is 5.20. The molecule has 0 radical (unpaired) electrons. The van der Waals surface area contributed by atoms with Crippen LogP contribution in [0.3, 0.4) is 0 Å². The lowest BCUT2D eigenvalue weighted by molar-refractivity contribution is 0.412. The number of fused-ring (bicyclic) bond motifs is 1. The van der Waals surface area contributed by atoms with Crippen LogP contribution in [0, 0.1) is 0 Å². The molecule has 0 atom stereocenters. The minimum atomic E-state index is 0.385. The Kier molecular flexibility index (Phi) is 2.69. The molecule has 4 heteroatoms. The van der Waals surface area contributed by atoms with Gasteiger partial charge in [0.1, 0.15) is 16.2 Å². The number of imidazole rings is 1. The SMILES string of the molecule is COc1ccc2c(Br)nc(C(C)C)n2c1. The minimum Gasteiger partial charge on any atom is -0.495 e. The third kappa shape index (κ3) is 1.74. The molecular weight excluding hydrogens is 256 g/mol. The van der Waals surface area contributed by atoms with E-state index in [0.29, 0.717) is 5.92 Å². The largest absolute Gasteiger partial charge is 0.495 e. The number of methoxy groups -OCH3 is 1. The van der Waals surface area contributed by atoms with Gasteiger partial charge in [0.25, 0.3) is 0 Å². The van der Waals surface area contributed by atoms with Crippen LogP contribution in [-0.2, 0) is 0 Å². The van der Waals surface area contributed by atoms with Crippen molar-refractivity contribution in [2.75, 3.05) is 7.11 Å². The summed E-state index contributed by atoms with van der Waals surface area (Å²) in [5.74, 6) is 2.26. The van der Waals surface area contributed by atoms with Crippen LogP contribution in [0.2, 0.25) is 0 Å². The highest BCUT2D eigenvalue weighted by Gasteiger charge is 2.12. The number of nitrogens with zero attached hydrogens (tertiary/aromatic N) is 2. The van der Waals surface area contributed by atoms with Crippen LogP contribution in [0.1, 0.15) is 25.6 Å². The average Bonchev–Trinajstić information content (AvgIpc) is 2.56. The third-order valence-corrected chi connectivity index (χ3v) is 2.93. The number of ether oxygens (including phenoxy) is 1. The second-order valence-corrected chi connectivity index (χ2v) is 4.49. The van der Waals surface area contributed by atoms with Crippen molar-refractivity contribution in [2.45, 2.75) is 19.8 Å². The summed E-state index contributed by atoms with van der Waals surface area (Å²) in [6, 6.07) is 3.94. The van der Waals surface area contributed by atoms with Crippen molar-refractivity contribution in [1.82, 2.24) is 9.38 Å². The van der Waals surface area contributed by atoms with Crippen LogP contribution < -0.4 is 4.74 Å². The predicted octanol–water partition coefficient (Wildman–Crippen LogP) is 3.23. The van der Waals surface area contributed by atoms with Crippen LogP contribution in [0.15, 0.2) is 22.9 Å². The fraction of sp³-hybridized carbons (Fsp3) is 0.364. The molecule has 0 unspecified atom stereocenters. The second-order valence-electron chi connectivity index (χ2n) is 3.74. The number of hydrogen-bond acceptors (Lipinski definition) is 2. The normalized spacial score (nSPS) is 11.3. The summed E-state index contributed by atoms with van der Waals surface area (Å²) < 4.78 is 8.15. The van der Waals surface area contributed by atoms with Gasteiger partial charge >= 0.3 is 0 Å². The van der Waals surface area contributed by atoms with Crippen molar-refractivity contribution < 1.29 is 4.74 Å². The van der Waals surface area contributed by atoms with E-state index in [1.54, 1.807) is 7.11 Å². The van der Waals surface area contributed by atoms with Crippen molar-refractivity contribution in [3.8, 4) is 5.75 Å². The van der Waals surface area contributed by atoms with Gasteiger partial charge in [0, 0.05) is 5.92 Å². The van der Waals surface area contributed by atoms with E-state index in [1.807, 2.05) is 18.3 Å². The highest BCUT2D eigenvalue weighted by atomic mass is 79.9. The van der Waals surface area contributed by atoms with Crippen LogP contribution >= 0.6 is 15.9 Å². The zero-order valence-corrected chi connectivity index (χ0v) is 10.6. The molecule has 3 nitrogen and oxygen atoms in total. The molecule has 0 aromatic carbocycles. The first kappa shape index (κ1) is 10.5. The van der Waals surface area contributed by atoms with Gasteiger partial charge in [-0.2, -0.15) is 0 Å². The monoisotopic (exact) mass is 268 g/mol. The van der Waals surface area contributed by atoms with E-state index in [4.69, 9.17) is 4.74 Å². The maximum Gasteiger partial charge on any atom is 0.135 e. The zero-order chi connectivity index (χ0) is 11.0. The van der Waals surface area contributed by atoms with Crippen LogP contribution in [0.4, 0.5) is 0 Å². The molecule has 0 bridgehead atoms. The Morgan fingerprint density at radius 3 is 2.73 bits per heavy atom. The molecule has 2 heterocycles. The van der Waals surface area contributed by atoms with Gasteiger partial charge in [-0.3, -0.25) is 4.40 Å². The summed E-state index contributed by atoms with van der Waals surface area (Å²) >= 11 is 3.46. The molecule has 0 saturated heterocycles. The highest BCUT2D eigenvalue weighted by molar-refractivity contribution is 9.10. The molecule has 80 valence electrons. The van der Waals surface area contributed by atoms with E-state index < -0.39 is 0 Å². The Bertz CT molecular complexity index is 491. The molecule has 0 amide bonds. The standard InChI is InChI=1S/C11H13BrN2O/c1-7(2)11-13-10(12)9-5-4-8(15-3)6-14(9)11/h4-7H,1-3H3. The molecule has 0 saturated carbocycles. The average molecular weight is 269 g/mol. The van der Waals surface area contributed by atoms with Gasteiger partial charge in [0.15, 0.2) is 0 Å². The van der Waals surface area contributed by atoms with Crippen molar-refractivity contribution in [3.63, 3.8) is 0 Å². The first-order valence-corrected chi connectivity index (χ1v) is 5.64. The van der Waals surface area contributed by atoms with Gasteiger partial charge in [-0.25, -0.2) is 4.98 Å². The fourth-order valence-corrected chi connectivity index (χ4v) is 2.08. The molecule has 2 rings (SSSR count). The predicted molar refractivity (Wildman–Crippen MR) is 63.5 cm³/mol. The lowest BCUT2D eigenvalue weighted by atomic mass is 10.2. The van der Waals surface area contributed by atoms with Crippen LogP contribution in [0.25, 0.3) is 5.52 Å². The molecule has 2 aromatic rings. The van der Waals surface area contributed by atoms with Gasteiger partial charge in [0.05, 0.1) is 18.8 Å². The molecule has 0 spiro atoms. The number of rotatable bonds is 2. The lowest BCUT2D eigenvalue weighted by Gasteiger charge is -2.05. The maximum atomic E-state index is 5.20. The first-order valence-electron chi connectivity index (χ1n) is 4.85. The van der Waals surface area contributed by atoms with Gasteiger partial charge in [0.2, 0.25) is 0 Å². The second kappa shape index (κ2) is 3.85. The summed E-state index contributed by atoms with van der Waals surface area (Å²) in [6.07, 6.45) is 1.96. The summed E-state index contributed by atoms with van der Waals surface area (Å²) in [7, 11) is 1.67. The Balaban J connectivity index is 2.71. The van der Waals surface area contributed by atoms with Gasteiger partial charge in [-0.05, 0) is 28.1 Å². The van der Waals surface area contributed by atoms with Crippen LogP contribution in [0.5, 0.6) is 5.75 Å². The van der Waals surface area contributed by atoms with Crippen molar-refractivity contribution in [2.24, 2.45) is 0 Å². The molecule has 0 aliphatic heterocycles. The minimum absolute atomic E-state index is 0.385. The molecule has 15 heavy (non-hydrogen) atoms. The van der Waals surface area contributed by atoms with Crippen molar-refractivity contribution in [3.05, 3.63) is 28.8 Å². The Labute approximate surface area is 97.2 Å². The van der Waals surface area contributed by atoms with Gasteiger partial charge in [-0.15, -0.1) is 0 Å². The third-order valence-electron chi connectivity index (χ3n) is 2.34. The summed E-state index contributed by atoms with van der Waals surface area (Å²) in [5, 5.41) is 0. The van der Waals surface area contributed by atoms with E-state index in [2.05, 4.69) is 39.2 Å². The van der Waals surface area contributed by atoms with E-state index >= 15 is 0 Å². The number of aromatic nitrogens is 2. The molecule has 0 N–H and O–H groups in total. The summed E-state index contributed by atoms with van der Waals surface area (Å²) in [5.41, 5.74) is 1.07. The lowest BCUT2D eigenvalue weighted by Crippen LogP contribution is -1.97. The van der Waals surface area contributed by atoms with Gasteiger partial charge in [-0.1, -0.05) is 13.8 Å². The van der Waals surface area contributed by atoms with E-state index in [9.17, 15) is 0 Å². The molecule has 0 fully saturated rings. The smallest absolute Gasteiger partial charge is 0.135 e. The van der Waals surface area contributed by atoms with E-state index in [0.717, 1.165) is 21.7 Å². The topological polar surface area (TPSA) is 26.5 Å². The Morgan fingerprint density at radius 1 is 1.40 bits per heavy atom. The Hall–Kier alpha value is -1.03. The zero-order valence-electron chi connectivity index (χ0n) is 8.99. The van der Waals surface area contributed by atoms with Crippen molar-refractivity contribution >= 4 is 21.4 Å². The summed E-state index contributed by atoms with van der Waals surface area (Å²) in [4.78, 5) is 4.49. The number of pyridine rings is 1. The van der Waals surface area contributed by atoms with Crippen molar-refractivity contribution in [1.29, 1.82) is 0 Å². The molecule has 2 aromatic heterocycles. The molecular formula is C11H13BrN2O. The summed E-state index contributed by atoms with van der Waals surface area (Å²) in [6.45, 7) is 4.25. The first-order chi connectivity index (χ1) is 7.13. The molecule has 0 aliphatic rings. The molecule has 0 aliphatic carbocycles. The Morgan fingerprint density at radius 2 is 2.13 bits per heavy atom.